The normalized spacial score (nSPS) is 46.2. The largest absolute Gasteiger partial charge is 0.528 e. The van der Waals surface area contributed by atoms with Crippen molar-refractivity contribution >= 4 is 25.5 Å². The van der Waals surface area contributed by atoms with E-state index in [2.05, 4.69) is 27.7 Å². The van der Waals surface area contributed by atoms with E-state index >= 15 is 0 Å². The number of ketones is 1. The zero-order valence-corrected chi connectivity index (χ0v) is 34.6. The fourth-order valence-electron chi connectivity index (χ4n) is 12.8. The molecule has 2 N–H and O–H groups in total. The summed E-state index contributed by atoms with van der Waals surface area (Å²) in [5.41, 5.74) is -1.01. The lowest BCUT2D eigenvalue weighted by atomic mass is 9.33. The molecule has 7 aliphatic rings. The molecule has 54 heavy (non-hydrogen) atoms. The highest BCUT2D eigenvalue weighted by molar-refractivity contribution is 7.47. The number of carbonyl (C=O) groups excluding carboxylic acids is 3. The lowest BCUT2D eigenvalue weighted by Gasteiger charge is -2.70. The number of phosphoric ester groups is 1. The molecule has 302 valence electrons. The molecule has 12 nitrogen and oxygen atoms in total. The van der Waals surface area contributed by atoms with Gasteiger partial charge in [-0.25, -0.2) is 9.36 Å². The molecule has 7 rings (SSSR count). The van der Waals surface area contributed by atoms with Crippen molar-refractivity contribution in [3.8, 4) is 0 Å². The van der Waals surface area contributed by atoms with Gasteiger partial charge in [-0.1, -0.05) is 47.1 Å². The third kappa shape index (κ3) is 5.89. The van der Waals surface area contributed by atoms with Crippen molar-refractivity contribution in [3.63, 3.8) is 0 Å². The highest BCUT2D eigenvalue weighted by Crippen LogP contribution is 2.75. The zero-order valence-electron chi connectivity index (χ0n) is 33.7. The first kappa shape index (κ1) is 40.0. The summed E-state index contributed by atoms with van der Waals surface area (Å²) in [6.07, 6.45) is 6.14. The van der Waals surface area contributed by atoms with E-state index in [-0.39, 0.29) is 52.4 Å². The van der Waals surface area contributed by atoms with Gasteiger partial charge in [0.1, 0.15) is 6.10 Å². The Labute approximate surface area is 319 Å². The second-order valence-electron chi connectivity index (χ2n) is 19.9. The Morgan fingerprint density at radius 3 is 2.30 bits per heavy atom. The van der Waals surface area contributed by atoms with Crippen LogP contribution in [-0.4, -0.2) is 65.0 Å². The fourth-order valence-corrected chi connectivity index (χ4v) is 13.9. The number of fused-ring (bicyclic) bond motifs is 7. The lowest BCUT2D eigenvalue weighted by molar-refractivity contribution is -0.201. The van der Waals surface area contributed by atoms with Crippen LogP contribution in [0.5, 0.6) is 0 Å². The Hall–Kier alpha value is -2.24. The second kappa shape index (κ2) is 12.6. The van der Waals surface area contributed by atoms with Gasteiger partial charge in [0.25, 0.3) is 5.76 Å². The molecule has 2 heterocycles. The van der Waals surface area contributed by atoms with Crippen molar-refractivity contribution in [3.05, 3.63) is 23.2 Å². The third-order valence-corrected chi connectivity index (χ3v) is 17.0. The summed E-state index contributed by atoms with van der Waals surface area (Å²) in [5.74, 6) is -3.65. The van der Waals surface area contributed by atoms with Gasteiger partial charge < -0.3 is 28.6 Å². The average molecular weight is 777 g/mol. The van der Waals surface area contributed by atoms with Gasteiger partial charge in [0.05, 0.1) is 24.7 Å². The summed E-state index contributed by atoms with van der Waals surface area (Å²) >= 11 is 0. The number of esters is 2. The first-order valence-electron chi connectivity index (χ1n) is 20.0. The molecule has 0 radical (unpaired) electrons. The van der Waals surface area contributed by atoms with E-state index in [0.29, 0.717) is 25.9 Å². The second-order valence-corrected chi connectivity index (χ2v) is 21.2. The van der Waals surface area contributed by atoms with E-state index in [1.54, 1.807) is 13.8 Å². The Morgan fingerprint density at radius 2 is 1.65 bits per heavy atom. The number of aliphatic hydroxyl groups excluding tert-OH is 1. The predicted molar refractivity (Wildman–Crippen MR) is 196 cm³/mol. The van der Waals surface area contributed by atoms with Crippen LogP contribution < -0.4 is 0 Å². The monoisotopic (exact) mass is 776 g/mol. The van der Waals surface area contributed by atoms with Crippen molar-refractivity contribution in [1.29, 1.82) is 0 Å². The molecule has 0 spiro atoms. The standard InChI is InChI=1S/C41H61O12P/c1-11-48-34(45)38(7)17-16-37(6)18-19-40(9)23(24(37)21-38)20-25(42)32-39(8)14-13-28(35(2,3)27(39)12-15-41(32,40)10)52-54(46,47)53-31-29(43)30(50-33(31)44)26-22-49-36(4,5)51-26/h20,24,26-28,30,32,43H,11-19,21-22H2,1-10H3,(H,46,47). The number of cyclic esters (lactones) is 1. The summed E-state index contributed by atoms with van der Waals surface area (Å²) in [6, 6.07) is 0. The molecule has 5 aliphatic carbocycles. The maximum Gasteiger partial charge on any atom is 0.528 e. The number of hydrogen-bond donors (Lipinski definition) is 2. The number of phosphoric acid groups is 1. The molecule has 0 aromatic rings. The van der Waals surface area contributed by atoms with E-state index in [1.165, 1.54) is 5.57 Å². The fraction of sp³-hybridized carbons (Fsp3) is 0.829. The predicted octanol–water partition coefficient (Wildman–Crippen LogP) is 7.88. The van der Waals surface area contributed by atoms with Crippen molar-refractivity contribution in [2.24, 2.45) is 50.2 Å². The molecule has 4 saturated carbocycles. The van der Waals surface area contributed by atoms with Gasteiger partial charge in [-0.05, 0) is 130 Å². The minimum Gasteiger partial charge on any atom is -0.505 e. The Balaban J connectivity index is 1.13. The number of ether oxygens (including phenoxy) is 4. The molecular weight excluding hydrogens is 715 g/mol. The molecule has 12 unspecified atom stereocenters. The Morgan fingerprint density at radius 1 is 0.963 bits per heavy atom. The molecule has 1 saturated heterocycles. The van der Waals surface area contributed by atoms with Gasteiger partial charge >= 0.3 is 19.8 Å². The molecule has 12 atom stereocenters. The van der Waals surface area contributed by atoms with Crippen molar-refractivity contribution < 1.29 is 56.9 Å². The van der Waals surface area contributed by atoms with Crippen LogP contribution in [0.2, 0.25) is 0 Å². The van der Waals surface area contributed by atoms with Crippen molar-refractivity contribution in [1.82, 2.24) is 0 Å². The molecule has 0 bridgehead atoms. The molecule has 0 aromatic carbocycles. The highest BCUT2D eigenvalue weighted by atomic mass is 31.2. The van der Waals surface area contributed by atoms with Crippen LogP contribution in [0.3, 0.4) is 0 Å². The lowest BCUT2D eigenvalue weighted by Crippen LogP contribution is -2.66. The van der Waals surface area contributed by atoms with E-state index in [4.69, 9.17) is 28.0 Å². The molecule has 0 aromatic heterocycles. The van der Waals surface area contributed by atoms with Crippen molar-refractivity contribution in [2.75, 3.05) is 13.2 Å². The van der Waals surface area contributed by atoms with Gasteiger partial charge in [-0.2, -0.15) is 0 Å². The van der Waals surface area contributed by atoms with Crippen molar-refractivity contribution in [2.45, 2.75) is 151 Å². The van der Waals surface area contributed by atoms with E-state index < -0.39 is 65.7 Å². The topological polar surface area (TPSA) is 164 Å². The van der Waals surface area contributed by atoms with E-state index in [9.17, 15) is 28.9 Å². The van der Waals surface area contributed by atoms with Crippen LogP contribution in [0.25, 0.3) is 0 Å². The van der Waals surface area contributed by atoms with Crippen LogP contribution in [0.4, 0.5) is 0 Å². The molecule has 0 amide bonds. The maximum atomic E-state index is 14.8. The quantitative estimate of drug-likeness (QED) is 0.190. The molecule has 2 aliphatic heterocycles. The van der Waals surface area contributed by atoms with Gasteiger partial charge in [0.2, 0.25) is 0 Å². The minimum absolute atomic E-state index is 0.0121. The number of hydrogen-bond acceptors (Lipinski definition) is 11. The van der Waals surface area contributed by atoms with Gasteiger partial charge in [0, 0.05) is 5.92 Å². The first-order valence-corrected chi connectivity index (χ1v) is 21.5. The SMILES string of the molecule is CCOC(=O)C1(C)CCC2(C)CCC3(C)C(=CC(=O)C4C5(C)CCC(OP(=O)(O)OC6=C(O)C(C7COC(C)(C)O7)OC6=O)C(C)(C)C5CCC43C)C2C1. The molecule has 5 fully saturated rings. The summed E-state index contributed by atoms with van der Waals surface area (Å²) in [4.78, 5) is 51.9. The number of rotatable bonds is 7. The summed E-state index contributed by atoms with van der Waals surface area (Å²) in [7, 11) is -4.95. The molecule has 13 heteroatoms. The number of carbonyl (C=O) groups is 3. The van der Waals surface area contributed by atoms with E-state index in [1.807, 2.05) is 33.8 Å². The first-order chi connectivity index (χ1) is 24.9. The van der Waals surface area contributed by atoms with Crippen LogP contribution in [0.15, 0.2) is 23.2 Å². The van der Waals surface area contributed by atoms with Crippen LogP contribution in [-0.2, 0) is 46.9 Å². The van der Waals surface area contributed by atoms with Crippen LogP contribution >= 0.6 is 7.82 Å². The number of aliphatic hydroxyl groups is 1. The van der Waals surface area contributed by atoms with Crippen LogP contribution in [0.1, 0.15) is 127 Å². The van der Waals surface area contributed by atoms with Gasteiger partial charge in [0.15, 0.2) is 23.4 Å². The zero-order chi connectivity index (χ0) is 39.7. The Bertz CT molecular complexity index is 1730. The van der Waals surface area contributed by atoms with E-state index in [0.717, 1.165) is 38.5 Å². The highest BCUT2D eigenvalue weighted by Gasteiger charge is 2.71. The smallest absolute Gasteiger partial charge is 0.505 e. The maximum absolute atomic E-state index is 14.8. The summed E-state index contributed by atoms with van der Waals surface area (Å²) in [5, 5.41) is 10.9. The number of allylic oxidation sites excluding steroid dienone is 2. The molecular formula is C41H61O12P. The van der Waals surface area contributed by atoms with Crippen LogP contribution in [0, 0.1) is 50.2 Å². The van der Waals surface area contributed by atoms with Gasteiger partial charge in [-0.3, -0.25) is 19.0 Å². The summed E-state index contributed by atoms with van der Waals surface area (Å²) < 4.78 is 46.9. The Kier molecular flexibility index (Phi) is 9.35. The minimum atomic E-state index is -4.95. The average Bonchev–Trinajstić information content (AvgIpc) is 3.57. The third-order valence-electron chi connectivity index (χ3n) is 16.0. The van der Waals surface area contributed by atoms with Gasteiger partial charge in [-0.15, -0.1) is 0 Å². The summed E-state index contributed by atoms with van der Waals surface area (Å²) in [6.45, 7) is 21.0.